The number of ether oxygens (including phenoxy) is 2. The van der Waals surface area contributed by atoms with Gasteiger partial charge in [0.15, 0.2) is 5.75 Å². The molecule has 5 heterocycles. The van der Waals surface area contributed by atoms with Gasteiger partial charge in [0.05, 0.1) is 37.6 Å². The predicted octanol–water partition coefficient (Wildman–Crippen LogP) is 2.58. The minimum atomic E-state index is 0.137. The summed E-state index contributed by atoms with van der Waals surface area (Å²) in [5.74, 6) is 1.49. The van der Waals surface area contributed by atoms with Gasteiger partial charge in [0, 0.05) is 69.7 Å². The van der Waals surface area contributed by atoms with Crippen LogP contribution in [0.15, 0.2) is 49.1 Å². The molecule has 4 aromatic rings. The molecule has 2 aliphatic rings. The number of hydrogen-bond acceptors (Lipinski definition) is 8. The number of nitrogens with one attached hydrogen (secondary N) is 1. The first-order valence-electron chi connectivity index (χ1n) is 13.3. The van der Waals surface area contributed by atoms with Gasteiger partial charge in [0.1, 0.15) is 17.8 Å². The molecule has 0 aliphatic carbocycles. The van der Waals surface area contributed by atoms with E-state index in [1.54, 1.807) is 13.3 Å². The Morgan fingerprint density at radius 2 is 1.85 bits per heavy atom. The first-order chi connectivity index (χ1) is 19.2. The summed E-state index contributed by atoms with van der Waals surface area (Å²) < 4.78 is 10.8. The first-order valence-corrected chi connectivity index (χ1v) is 13.3. The number of aromatic amines is 1. The van der Waals surface area contributed by atoms with E-state index in [-0.39, 0.29) is 6.03 Å². The number of H-pyrrole nitrogens is 1. The fourth-order valence-electron chi connectivity index (χ4n) is 5.18. The molecule has 6 rings (SSSR count). The normalized spacial score (nSPS) is 16.5. The molecule has 11 nitrogen and oxygen atoms in total. The van der Waals surface area contributed by atoms with Crippen molar-refractivity contribution in [1.82, 2.24) is 39.6 Å². The molecule has 202 valence electrons. The number of carbonyl (C=O) groups is 1. The molecule has 39 heavy (non-hydrogen) atoms. The molecule has 2 saturated heterocycles. The van der Waals surface area contributed by atoms with Crippen LogP contribution in [0.5, 0.6) is 5.75 Å². The predicted molar refractivity (Wildman–Crippen MR) is 145 cm³/mol. The van der Waals surface area contributed by atoms with Crippen molar-refractivity contribution >= 4 is 17.1 Å². The molecule has 0 bridgehead atoms. The zero-order valence-electron chi connectivity index (χ0n) is 22.0. The second-order valence-corrected chi connectivity index (χ2v) is 9.83. The second kappa shape index (κ2) is 11.3. The average molecular weight is 529 g/mol. The van der Waals surface area contributed by atoms with Crippen LogP contribution in [0, 0.1) is 0 Å². The Bertz CT molecular complexity index is 1440. The Labute approximate surface area is 226 Å². The fourth-order valence-corrected chi connectivity index (χ4v) is 5.18. The SMILES string of the molecule is COc1cncnc1-c1ccc2nc(Cc3cc(CN4CCN(C(=O)N5CCOCC5)CC4)ccn3)[nH]c2c1. The molecular weight excluding hydrogens is 496 g/mol. The molecule has 0 saturated carbocycles. The summed E-state index contributed by atoms with van der Waals surface area (Å²) >= 11 is 0. The summed E-state index contributed by atoms with van der Waals surface area (Å²) in [6, 6.07) is 10.4. The van der Waals surface area contributed by atoms with E-state index in [2.05, 4.69) is 37.0 Å². The van der Waals surface area contributed by atoms with Crippen molar-refractivity contribution in [1.29, 1.82) is 0 Å². The van der Waals surface area contributed by atoms with E-state index in [9.17, 15) is 4.79 Å². The van der Waals surface area contributed by atoms with Crippen molar-refractivity contribution in [2.24, 2.45) is 0 Å². The zero-order chi connectivity index (χ0) is 26.6. The molecule has 1 aromatic carbocycles. The van der Waals surface area contributed by atoms with Gasteiger partial charge in [0.2, 0.25) is 0 Å². The maximum atomic E-state index is 12.8. The van der Waals surface area contributed by atoms with E-state index in [0.29, 0.717) is 38.5 Å². The summed E-state index contributed by atoms with van der Waals surface area (Å²) in [5, 5.41) is 0. The Morgan fingerprint density at radius 1 is 1.03 bits per heavy atom. The van der Waals surface area contributed by atoms with Crippen LogP contribution >= 0.6 is 0 Å². The molecule has 2 aliphatic heterocycles. The number of piperazine rings is 1. The standard InChI is InChI=1S/C28H32N8O3/c1-38-25-17-29-19-31-27(25)21-2-3-23-24(15-21)33-26(32-23)16-22-14-20(4-5-30-22)18-34-6-8-35(9-7-34)28(37)36-10-12-39-13-11-36/h2-5,14-15,17,19H,6-13,16,18H2,1H3,(H,32,33). The summed E-state index contributed by atoms with van der Waals surface area (Å²) in [4.78, 5) is 40.3. The first kappa shape index (κ1) is 25.2. The molecule has 2 amide bonds. The van der Waals surface area contributed by atoms with Crippen molar-refractivity contribution in [3.63, 3.8) is 0 Å². The van der Waals surface area contributed by atoms with E-state index in [1.807, 2.05) is 34.2 Å². The van der Waals surface area contributed by atoms with Crippen LogP contribution in [0.3, 0.4) is 0 Å². The largest absolute Gasteiger partial charge is 0.493 e. The summed E-state index contributed by atoms with van der Waals surface area (Å²) in [6.07, 6.45) is 5.65. The molecular formula is C28H32N8O3. The van der Waals surface area contributed by atoms with Gasteiger partial charge >= 0.3 is 6.03 Å². The minimum absolute atomic E-state index is 0.137. The highest BCUT2D eigenvalue weighted by Gasteiger charge is 2.26. The molecule has 3 aromatic heterocycles. The fraction of sp³-hybridized carbons (Fsp3) is 0.393. The van der Waals surface area contributed by atoms with Crippen LogP contribution in [0.2, 0.25) is 0 Å². The number of imidazole rings is 1. The van der Waals surface area contributed by atoms with E-state index in [4.69, 9.17) is 14.5 Å². The van der Waals surface area contributed by atoms with Gasteiger partial charge < -0.3 is 24.3 Å². The Morgan fingerprint density at radius 3 is 2.67 bits per heavy atom. The smallest absolute Gasteiger partial charge is 0.320 e. The van der Waals surface area contributed by atoms with Crippen LogP contribution in [-0.4, -0.2) is 105 Å². The minimum Gasteiger partial charge on any atom is -0.493 e. The van der Waals surface area contributed by atoms with Gasteiger partial charge in [-0.25, -0.2) is 19.7 Å². The van der Waals surface area contributed by atoms with Crippen molar-refractivity contribution < 1.29 is 14.3 Å². The number of morpholine rings is 1. The van der Waals surface area contributed by atoms with E-state index in [1.165, 1.54) is 11.9 Å². The number of urea groups is 1. The number of hydrogen-bond donors (Lipinski definition) is 1. The van der Waals surface area contributed by atoms with Gasteiger partial charge in [-0.05, 0) is 29.8 Å². The lowest BCUT2D eigenvalue weighted by Gasteiger charge is -2.38. The van der Waals surface area contributed by atoms with Crippen LogP contribution in [0.25, 0.3) is 22.3 Å². The summed E-state index contributed by atoms with van der Waals surface area (Å²) in [5.41, 5.74) is 5.67. The van der Waals surface area contributed by atoms with E-state index < -0.39 is 0 Å². The molecule has 0 atom stereocenters. The monoisotopic (exact) mass is 528 g/mol. The number of rotatable bonds is 6. The van der Waals surface area contributed by atoms with Crippen LogP contribution < -0.4 is 4.74 Å². The highest BCUT2D eigenvalue weighted by molar-refractivity contribution is 5.82. The lowest BCUT2D eigenvalue weighted by molar-refractivity contribution is 0.0373. The van der Waals surface area contributed by atoms with Crippen molar-refractivity contribution in [3.05, 3.63) is 66.1 Å². The number of fused-ring (bicyclic) bond motifs is 1. The van der Waals surface area contributed by atoms with Gasteiger partial charge in [-0.2, -0.15) is 0 Å². The molecule has 11 heteroatoms. The third-order valence-corrected chi connectivity index (χ3v) is 7.26. The molecule has 0 spiro atoms. The third-order valence-electron chi connectivity index (χ3n) is 7.26. The van der Waals surface area contributed by atoms with Gasteiger partial charge in [0.25, 0.3) is 0 Å². The number of benzene rings is 1. The zero-order valence-corrected chi connectivity index (χ0v) is 22.0. The third kappa shape index (κ3) is 5.69. The number of aromatic nitrogens is 5. The number of methoxy groups -OCH3 is 1. The van der Waals surface area contributed by atoms with Crippen molar-refractivity contribution in [2.75, 3.05) is 59.6 Å². The highest BCUT2D eigenvalue weighted by atomic mass is 16.5. The molecule has 0 unspecified atom stereocenters. The summed E-state index contributed by atoms with van der Waals surface area (Å²) in [6.45, 7) is 6.66. The molecule has 0 radical (unpaired) electrons. The second-order valence-electron chi connectivity index (χ2n) is 9.83. The molecule has 1 N–H and O–H groups in total. The number of amides is 2. The number of carbonyl (C=O) groups excluding carboxylic acids is 1. The van der Waals surface area contributed by atoms with Gasteiger partial charge in [-0.1, -0.05) is 6.07 Å². The van der Waals surface area contributed by atoms with E-state index >= 15 is 0 Å². The van der Waals surface area contributed by atoms with Gasteiger partial charge in [-0.15, -0.1) is 0 Å². The van der Waals surface area contributed by atoms with Crippen molar-refractivity contribution in [2.45, 2.75) is 13.0 Å². The number of pyridine rings is 1. The summed E-state index contributed by atoms with van der Waals surface area (Å²) in [7, 11) is 1.61. The highest BCUT2D eigenvalue weighted by Crippen LogP contribution is 2.28. The van der Waals surface area contributed by atoms with Crippen LogP contribution in [0.1, 0.15) is 17.1 Å². The maximum absolute atomic E-state index is 12.8. The topological polar surface area (TPSA) is 113 Å². The average Bonchev–Trinajstić information content (AvgIpc) is 3.39. The van der Waals surface area contributed by atoms with Crippen molar-refractivity contribution in [3.8, 4) is 17.0 Å². The molecule has 2 fully saturated rings. The number of nitrogens with zero attached hydrogens (tertiary/aromatic N) is 7. The Balaban J connectivity index is 1.08. The van der Waals surface area contributed by atoms with Crippen LogP contribution in [0.4, 0.5) is 4.79 Å². The lowest BCUT2D eigenvalue weighted by Crippen LogP contribution is -2.54. The Kier molecular flexibility index (Phi) is 7.33. The van der Waals surface area contributed by atoms with Crippen LogP contribution in [-0.2, 0) is 17.7 Å². The lowest BCUT2D eigenvalue weighted by atomic mass is 10.1. The van der Waals surface area contributed by atoms with Gasteiger partial charge in [-0.3, -0.25) is 9.88 Å². The Hall–Kier alpha value is -4.09. The van der Waals surface area contributed by atoms with E-state index in [0.717, 1.165) is 66.5 Å². The quantitative estimate of drug-likeness (QED) is 0.406. The maximum Gasteiger partial charge on any atom is 0.320 e.